The first-order chi connectivity index (χ1) is 7.11. The van der Waals surface area contributed by atoms with Crippen molar-refractivity contribution in [2.75, 3.05) is 26.2 Å². The first-order valence-corrected chi connectivity index (χ1v) is 5.25. The maximum Gasteiger partial charge on any atom is 0.195 e. The van der Waals surface area contributed by atoms with E-state index in [0.717, 1.165) is 19.6 Å². The Labute approximate surface area is 90.2 Å². The molecule has 0 bridgehead atoms. The average molecular weight is 212 g/mol. The van der Waals surface area contributed by atoms with Gasteiger partial charge < -0.3 is 16.4 Å². The Morgan fingerprint density at radius 3 is 2.87 bits per heavy atom. The fraction of sp³-hybridized carbons (Fsp3) is 0.778. The van der Waals surface area contributed by atoms with Crippen molar-refractivity contribution in [3.8, 4) is 0 Å². The molecule has 1 unspecified atom stereocenters. The molecule has 1 saturated heterocycles. The summed E-state index contributed by atoms with van der Waals surface area (Å²) in [7, 11) is 0. The van der Waals surface area contributed by atoms with Gasteiger partial charge in [0.2, 0.25) is 0 Å². The van der Waals surface area contributed by atoms with Crippen molar-refractivity contribution >= 4 is 11.9 Å². The number of nitrogens with zero attached hydrogens (tertiary/aromatic N) is 2. The lowest BCUT2D eigenvalue weighted by Gasteiger charge is -2.11. The van der Waals surface area contributed by atoms with E-state index in [9.17, 15) is 0 Å². The minimum absolute atomic E-state index is 0.169. The predicted octanol–water partition coefficient (Wildman–Crippen LogP) is -0.874. The fourth-order valence-corrected chi connectivity index (χ4v) is 1.75. The molecule has 1 rings (SSSR count). The second kappa shape index (κ2) is 5.55. The number of nitrogens with one attached hydrogen (secondary N) is 2. The molecule has 0 radical (unpaired) electrons. The number of aliphatic imine (C=N–C) groups is 1. The minimum atomic E-state index is -0.169. The van der Waals surface area contributed by atoms with Crippen LogP contribution in [0.1, 0.15) is 13.3 Å². The number of rotatable bonds is 3. The quantitative estimate of drug-likeness (QED) is 0.360. The summed E-state index contributed by atoms with van der Waals surface area (Å²) < 4.78 is 0. The monoisotopic (exact) mass is 212 g/mol. The summed E-state index contributed by atoms with van der Waals surface area (Å²) in [5, 5.41) is 9.44. The van der Waals surface area contributed by atoms with E-state index in [1.807, 2.05) is 0 Å². The van der Waals surface area contributed by atoms with E-state index >= 15 is 0 Å². The highest BCUT2D eigenvalue weighted by Gasteiger charge is 2.20. The third kappa shape index (κ3) is 4.16. The minimum Gasteiger partial charge on any atom is -0.370 e. The van der Waals surface area contributed by atoms with Crippen LogP contribution in [0.25, 0.3) is 0 Å². The van der Waals surface area contributed by atoms with E-state index in [0.29, 0.717) is 12.5 Å². The molecule has 86 valence electrons. The summed E-state index contributed by atoms with van der Waals surface area (Å²) in [5.41, 5.74) is 10.6. The lowest BCUT2D eigenvalue weighted by Crippen LogP contribution is -2.41. The second-order valence-electron chi connectivity index (χ2n) is 3.81. The SMILES string of the molecule is CCN1CCC(CN=C(N)NC(=N)N)C1. The van der Waals surface area contributed by atoms with Crippen molar-refractivity contribution in [3.63, 3.8) is 0 Å². The largest absolute Gasteiger partial charge is 0.370 e. The van der Waals surface area contributed by atoms with Gasteiger partial charge in [0.25, 0.3) is 0 Å². The lowest BCUT2D eigenvalue weighted by molar-refractivity contribution is 0.344. The molecule has 0 aromatic rings. The van der Waals surface area contributed by atoms with Crippen LogP contribution in [0.4, 0.5) is 0 Å². The van der Waals surface area contributed by atoms with Gasteiger partial charge in [-0.2, -0.15) is 0 Å². The van der Waals surface area contributed by atoms with Crippen LogP contribution in [-0.4, -0.2) is 43.0 Å². The molecular formula is C9H20N6. The Bertz CT molecular complexity index is 249. The second-order valence-corrected chi connectivity index (χ2v) is 3.81. The molecule has 1 fully saturated rings. The van der Waals surface area contributed by atoms with Gasteiger partial charge in [0.1, 0.15) is 0 Å². The van der Waals surface area contributed by atoms with Crippen molar-refractivity contribution < 1.29 is 0 Å². The molecule has 0 aromatic carbocycles. The van der Waals surface area contributed by atoms with E-state index in [1.165, 1.54) is 6.42 Å². The van der Waals surface area contributed by atoms with Crippen molar-refractivity contribution in [1.82, 2.24) is 10.2 Å². The van der Waals surface area contributed by atoms with Crippen LogP contribution >= 0.6 is 0 Å². The van der Waals surface area contributed by atoms with Gasteiger partial charge >= 0.3 is 0 Å². The van der Waals surface area contributed by atoms with Crippen molar-refractivity contribution in [3.05, 3.63) is 0 Å². The zero-order valence-electron chi connectivity index (χ0n) is 9.16. The molecule has 6 nitrogen and oxygen atoms in total. The summed E-state index contributed by atoms with van der Waals surface area (Å²) in [6.07, 6.45) is 1.17. The van der Waals surface area contributed by atoms with E-state index in [4.69, 9.17) is 16.9 Å². The Morgan fingerprint density at radius 2 is 2.33 bits per heavy atom. The zero-order chi connectivity index (χ0) is 11.3. The van der Waals surface area contributed by atoms with Crippen LogP contribution in [0.5, 0.6) is 0 Å². The molecule has 1 aliphatic heterocycles. The fourth-order valence-electron chi connectivity index (χ4n) is 1.75. The van der Waals surface area contributed by atoms with E-state index in [2.05, 4.69) is 22.1 Å². The standard InChI is InChI=1S/C9H20N6/c1-2-15-4-3-7(6-15)5-13-9(12)14-8(10)11/h7H,2-6H2,1H3,(H6,10,11,12,13,14). The molecule has 0 saturated carbocycles. The molecule has 1 heterocycles. The van der Waals surface area contributed by atoms with Gasteiger partial charge in [0, 0.05) is 13.1 Å². The average Bonchev–Trinajstić information content (AvgIpc) is 2.61. The first kappa shape index (κ1) is 11.8. The summed E-state index contributed by atoms with van der Waals surface area (Å²) in [6.45, 7) is 6.21. The van der Waals surface area contributed by atoms with E-state index < -0.39 is 0 Å². The summed E-state index contributed by atoms with van der Waals surface area (Å²) in [4.78, 5) is 6.55. The Kier molecular flexibility index (Phi) is 4.36. The van der Waals surface area contributed by atoms with Crippen molar-refractivity contribution in [2.45, 2.75) is 13.3 Å². The molecule has 0 amide bonds. The highest BCUT2D eigenvalue weighted by atomic mass is 15.2. The highest BCUT2D eigenvalue weighted by molar-refractivity contribution is 5.95. The molecule has 6 heteroatoms. The smallest absolute Gasteiger partial charge is 0.195 e. The van der Waals surface area contributed by atoms with Crippen LogP contribution in [0.15, 0.2) is 4.99 Å². The third-order valence-corrected chi connectivity index (χ3v) is 2.60. The highest BCUT2D eigenvalue weighted by Crippen LogP contribution is 2.15. The molecule has 6 N–H and O–H groups in total. The normalized spacial score (nSPS) is 23.0. The van der Waals surface area contributed by atoms with Crippen LogP contribution in [0, 0.1) is 11.3 Å². The van der Waals surface area contributed by atoms with E-state index in [-0.39, 0.29) is 11.9 Å². The van der Waals surface area contributed by atoms with Crippen molar-refractivity contribution in [2.24, 2.45) is 22.4 Å². The van der Waals surface area contributed by atoms with Gasteiger partial charge in [-0.3, -0.25) is 15.7 Å². The van der Waals surface area contributed by atoms with Gasteiger partial charge in [-0.15, -0.1) is 0 Å². The van der Waals surface area contributed by atoms with Crippen LogP contribution in [0.2, 0.25) is 0 Å². The Balaban J connectivity index is 2.28. The van der Waals surface area contributed by atoms with Gasteiger partial charge in [0.15, 0.2) is 11.9 Å². The maximum atomic E-state index is 6.97. The van der Waals surface area contributed by atoms with E-state index in [1.54, 1.807) is 0 Å². The van der Waals surface area contributed by atoms with Crippen molar-refractivity contribution in [1.29, 1.82) is 5.41 Å². The first-order valence-electron chi connectivity index (χ1n) is 5.25. The number of hydrogen-bond donors (Lipinski definition) is 4. The zero-order valence-corrected chi connectivity index (χ0v) is 9.16. The van der Waals surface area contributed by atoms with Crippen LogP contribution < -0.4 is 16.8 Å². The summed E-state index contributed by atoms with van der Waals surface area (Å²) >= 11 is 0. The molecule has 0 aliphatic carbocycles. The van der Waals surface area contributed by atoms with Gasteiger partial charge in [0.05, 0.1) is 0 Å². The number of guanidine groups is 2. The summed E-state index contributed by atoms with van der Waals surface area (Å²) in [6, 6.07) is 0. The molecule has 0 spiro atoms. The maximum absolute atomic E-state index is 6.97. The Morgan fingerprint density at radius 1 is 1.60 bits per heavy atom. The lowest BCUT2D eigenvalue weighted by atomic mass is 10.1. The number of nitrogens with two attached hydrogens (primary N) is 2. The Hall–Kier alpha value is -1.30. The molecule has 15 heavy (non-hydrogen) atoms. The number of hydrogen-bond acceptors (Lipinski definition) is 3. The predicted molar refractivity (Wildman–Crippen MR) is 61.8 cm³/mol. The number of likely N-dealkylation sites (tertiary alicyclic amines) is 1. The molecule has 0 aromatic heterocycles. The van der Waals surface area contributed by atoms with Crippen LogP contribution in [-0.2, 0) is 0 Å². The third-order valence-electron chi connectivity index (χ3n) is 2.60. The molecular weight excluding hydrogens is 192 g/mol. The summed E-state index contributed by atoms with van der Waals surface area (Å²) in [5.74, 6) is 0.646. The van der Waals surface area contributed by atoms with Crippen LogP contribution in [0.3, 0.4) is 0 Å². The molecule has 1 aliphatic rings. The van der Waals surface area contributed by atoms with Gasteiger partial charge in [-0.05, 0) is 25.4 Å². The van der Waals surface area contributed by atoms with Gasteiger partial charge in [-0.1, -0.05) is 6.92 Å². The molecule has 1 atom stereocenters. The van der Waals surface area contributed by atoms with Gasteiger partial charge in [-0.25, -0.2) is 0 Å². The topological polar surface area (TPSA) is 104 Å².